The first kappa shape index (κ1) is 14.0. The van der Waals surface area contributed by atoms with Crippen LogP contribution in [0.2, 0.25) is 10.0 Å². The second-order valence-electron chi connectivity index (χ2n) is 4.80. The number of benzene rings is 2. The lowest BCUT2D eigenvalue weighted by molar-refractivity contribution is 0.436. The van der Waals surface area contributed by atoms with Crippen molar-refractivity contribution in [3.8, 4) is 22.5 Å². The summed E-state index contributed by atoms with van der Waals surface area (Å²) in [5.41, 5.74) is 9.53. The van der Waals surface area contributed by atoms with Crippen molar-refractivity contribution >= 4 is 29.0 Å². The second kappa shape index (κ2) is 5.43. The molecule has 3 nitrogen and oxygen atoms in total. The van der Waals surface area contributed by atoms with E-state index >= 15 is 0 Å². The zero-order chi connectivity index (χ0) is 15.0. The zero-order valence-corrected chi connectivity index (χ0v) is 12.7. The SMILES string of the molecule is Cc1cccc(-c2c(N)noc2-c2cc(Cl)cc(Cl)c2)c1. The number of aryl methyl sites for hydroxylation is 1. The number of anilines is 1. The van der Waals surface area contributed by atoms with Crippen molar-refractivity contribution in [1.29, 1.82) is 0 Å². The fraction of sp³-hybridized carbons (Fsp3) is 0.0625. The summed E-state index contributed by atoms with van der Waals surface area (Å²) in [6, 6.07) is 13.2. The van der Waals surface area contributed by atoms with Gasteiger partial charge >= 0.3 is 0 Å². The van der Waals surface area contributed by atoms with Crippen molar-refractivity contribution in [3.63, 3.8) is 0 Å². The maximum Gasteiger partial charge on any atom is 0.177 e. The number of halogens is 2. The molecule has 0 unspecified atom stereocenters. The predicted octanol–water partition coefficient (Wildman–Crippen LogP) is 5.21. The van der Waals surface area contributed by atoms with Gasteiger partial charge in [0.1, 0.15) is 0 Å². The van der Waals surface area contributed by atoms with Crippen molar-refractivity contribution in [3.05, 3.63) is 58.1 Å². The van der Waals surface area contributed by atoms with Crippen molar-refractivity contribution in [2.45, 2.75) is 6.92 Å². The first-order valence-corrected chi connectivity index (χ1v) is 7.09. The summed E-state index contributed by atoms with van der Waals surface area (Å²) in [6.45, 7) is 2.02. The average Bonchev–Trinajstić information content (AvgIpc) is 2.79. The maximum atomic E-state index is 6.05. The van der Waals surface area contributed by atoms with E-state index in [9.17, 15) is 0 Å². The minimum absolute atomic E-state index is 0.340. The molecule has 3 rings (SSSR count). The van der Waals surface area contributed by atoms with Gasteiger partial charge < -0.3 is 10.3 Å². The molecule has 2 N–H and O–H groups in total. The number of aromatic nitrogens is 1. The van der Waals surface area contributed by atoms with E-state index in [4.69, 9.17) is 33.5 Å². The molecule has 1 heterocycles. The molecule has 0 spiro atoms. The molecule has 0 saturated carbocycles. The average molecular weight is 319 g/mol. The topological polar surface area (TPSA) is 52.0 Å². The molecule has 5 heteroatoms. The van der Waals surface area contributed by atoms with Crippen LogP contribution in [-0.2, 0) is 0 Å². The van der Waals surface area contributed by atoms with Crippen molar-refractivity contribution in [2.75, 3.05) is 5.73 Å². The summed E-state index contributed by atoms with van der Waals surface area (Å²) >= 11 is 12.1. The Bertz CT molecular complexity index is 792. The number of hydrogen-bond acceptors (Lipinski definition) is 3. The summed E-state index contributed by atoms with van der Waals surface area (Å²) in [5, 5.41) is 4.94. The quantitative estimate of drug-likeness (QED) is 0.706. The van der Waals surface area contributed by atoms with Crippen molar-refractivity contribution in [1.82, 2.24) is 5.16 Å². The van der Waals surface area contributed by atoms with Gasteiger partial charge in [0, 0.05) is 15.6 Å². The lowest BCUT2D eigenvalue weighted by Crippen LogP contribution is -1.89. The molecular formula is C16H12Cl2N2O. The Morgan fingerprint density at radius 3 is 2.38 bits per heavy atom. The first-order chi connectivity index (χ1) is 10.0. The second-order valence-corrected chi connectivity index (χ2v) is 5.67. The van der Waals surface area contributed by atoms with Gasteiger partial charge in [-0.2, -0.15) is 0 Å². The van der Waals surface area contributed by atoms with Gasteiger partial charge in [-0.05, 0) is 30.7 Å². The van der Waals surface area contributed by atoms with Crippen LogP contribution < -0.4 is 5.73 Å². The summed E-state index contributed by atoms with van der Waals surface area (Å²) in [6.07, 6.45) is 0. The van der Waals surface area contributed by atoms with Crippen LogP contribution in [0.15, 0.2) is 47.0 Å². The summed E-state index contributed by atoms with van der Waals surface area (Å²) in [5.74, 6) is 0.897. The number of hydrogen-bond donors (Lipinski definition) is 1. The van der Waals surface area contributed by atoms with Gasteiger partial charge in [0.2, 0.25) is 0 Å². The highest BCUT2D eigenvalue weighted by Crippen LogP contribution is 2.38. The molecule has 0 saturated heterocycles. The summed E-state index contributed by atoms with van der Waals surface area (Å²) < 4.78 is 5.39. The normalized spacial score (nSPS) is 10.8. The molecule has 0 radical (unpaired) electrons. The van der Waals surface area contributed by atoms with E-state index < -0.39 is 0 Å². The van der Waals surface area contributed by atoms with Crippen LogP contribution in [-0.4, -0.2) is 5.16 Å². The minimum Gasteiger partial charge on any atom is -0.380 e. The van der Waals surface area contributed by atoms with E-state index in [0.717, 1.165) is 22.3 Å². The maximum absolute atomic E-state index is 6.05. The molecular weight excluding hydrogens is 307 g/mol. The van der Waals surface area contributed by atoms with Gasteiger partial charge in [-0.15, -0.1) is 0 Å². The van der Waals surface area contributed by atoms with E-state index in [-0.39, 0.29) is 0 Å². The molecule has 3 aromatic rings. The first-order valence-electron chi connectivity index (χ1n) is 6.33. The molecule has 106 valence electrons. The van der Waals surface area contributed by atoms with Crippen LogP contribution >= 0.6 is 23.2 Å². The summed E-state index contributed by atoms with van der Waals surface area (Å²) in [4.78, 5) is 0. The molecule has 0 atom stereocenters. The minimum atomic E-state index is 0.340. The molecule has 0 amide bonds. The van der Waals surface area contributed by atoms with E-state index in [1.165, 1.54) is 0 Å². The number of nitrogen functional groups attached to an aromatic ring is 1. The standard InChI is InChI=1S/C16H12Cl2N2O/c1-9-3-2-4-10(5-9)14-15(21-20-16(14)19)11-6-12(17)8-13(18)7-11/h2-8H,1H3,(H2,19,20). The zero-order valence-electron chi connectivity index (χ0n) is 11.2. The van der Waals surface area contributed by atoms with E-state index in [1.54, 1.807) is 18.2 Å². The molecule has 2 aromatic carbocycles. The van der Waals surface area contributed by atoms with Crippen LogP contribution in [0, 0.1) is 6.92 Å². The van der Waals surface area contributed by atoms with Crippen molar-refractivity contribution < 1.29 is 4.52 Å². The smallest absolute Gasteiger partial charge is 0.177 e. The van der Waals surface area contributed by atoms with E-state index in [0.29, 0.717) is 21.6 Å². The Hall–Kier alpha value is -1.97. The van der Waals surface area contributed by atoms with Gasteiger partial charge in [-0.25, -0.2) is 0 Å². The fourth-order valence-corrected chi connectivity index (χ4v) is 2.79. The lowest BCUT2D eigenvalue weighted by Gasteiger charge is -2.05. The van der Waals surface area contributed by atoms with E-state index in [2.05, 4.69) is 5.16 Å². The van der Waals surface area contributed by atoms with Gasteiger partial charge in [-0.3, -0.25) is 0 Å². The Balaban J connectivity index is 2.21. The van der Waals surface area contributed by atoms with Crippen molar-refractivity contribution in [2.24, 2.45) is 0 Å². The fourth-order valence-electron chi connectivity index (χ4n) is 2.26. The van der Waals surface area contributed by atoms with Crippen LogP contribution in [0.5, 0.6) is 0 Å². The number of nitrogens with zero attached hydrogens (tertiary/aromatic N) is 1. The Morgan fingerprint density at radius 1 is 1.00 bits per heavy atom. The van der Waals surface area contributed by atoms with E-state index in [1.807, 2.05) is 31.2 Å². The highest BCUT2D eigenvalue weighted by Gasteiger charge is 2.18. The molecule has 1 aromatic heterocycles. The van der Waals surface area contributed by atoms with Crippen LogP contribution in [0.3, 0.4) is 0 Å². The molecule has 0 fully saturated rings. The largest absolute Gasteiger partial charge is 0.380 e. The lowest BCUT2D eigenvalue weighted by atomic mass is 10.00. The Labute approximate surface area is 132 Å². The van der Waals surface area contributed by atoms with Gasteiger partial charge in [0.05, 0.1) is 5.56 Å². The number of rotatable bonds is 2. The highest BCUT2D eigenvalue weighted by atomic mass is 35.5. The molecule has 0 aliphatic heterocycles. The van der Waals surface area contributed by atoms with Crippen LogP contribution in [0.25, 0.3) is 22.5 Å². The molecule has 0 bridgehead atoms. The Kier molecular flexibility index (Phi) is 3.62. The third-order valence-corrected chi connectivity index (χ3v) is 3.59. The molecule has 0 aliphatic carbocycles. The third-order valence-electron chi connectivity index (χ3n) is 3.15. The Morgan fingerprint density at radius 2 is 1.71 bits per heavy atom. The van der Waals surface area contributed by atoms with Gasteiger partial charge in [0.15, 0.2) is 11.6 Å². The monoisotopic (exact) mass is 318 g/mol. The summed E-state index contributed by atoms with van der Waals surface area (Å²) in [7, 11) is 0. The molecule has 0 aliphatic rings. The van der Waals surface area contributed by atoms with Gasteiger partial charge in [-0.1, -0.05) is 58.2 Å². The number of nitrogens with two attached hydrogens (primary N) is 1. The molecule has 21 heavy (non-hydrogen) atoms. The van der Waals surface area contributed by atoms with Crippen LogP contribution in [0.4, 0.5) is 5.82 Å². The highest BCUT2D eigenvalue weighted by molar-refractivity contribution is 6.35. The predicted molar refractivity (Wildman–Crippen MR) is 86.5 cm³/mol. The van der Waals surface area contributed by atoms with Crippen LogP contribution in [0.1, 0.15) is 5.56 Å². The van der Waals surface area contributed by atoms with Gasteiger partial charge in [0.25, 0.3) is 0 Å². The third kappa shape index (κ3) is 2.75.